The lowest BCUT2D eigenvalue weighted by molar-refractivity contribution is 0.259. The molecule has 94 valence electrons. The predicted octanol–water partition coefficient (Wildman–Crippen LogP) is 3.37. The molecule has 2 atom stereocenters. The van der Waals surface area contributed by atoms with Crippen LogP contribution in [0.25, 0.3) is 0 Å². The van der Waals surface area contributed by atoms with Crippen LogP contribution in [0.1, 0.15) is 44.6 Å². The van der Waals surface area contributed by atoms with E-state index < -0.39 is 0 Å². The molecule has 0 unspecified atom stereocenters. The second-order valence-corrected chi connectivity index (χ2v) is 5.00. The van der Waals surface area contributed by atoms with Crippen molar-refractivity contribution in [3.8, 4) is 5.75 Å². The third-order valence-electron chi connectivity index (χ3n) is 3.58. The summed E-state index contributed by atoms with van der Waals surface area (Å²) in [6, 6.07) is 8.44. The first-order chi connectivity index (χ1) is 8.27. The molecular weight excluding hydrogens is 210 g/mol. The van der Waals surface area contributed by atoms with Crippen molar-refractivity contribution in [1.29, 1.82) is 0 Å². The molecule has 1 aliphatic carbocycles. The Bertz CT molecular complexity index is 358. The largest absolute Gasteiger partial charge is 0.508 e. The van der Waals surface area contributed by atoms with Gasteiger partial charge in [0.05, 0.1) is 0 Å². The predicted molar refractivity (Wildman–Crippen MR) is 71.4 cm³/mol. The number of aromatic hydroxyl groups is 1. The molecule has 0 saturated heterocycles. The molecule has 2 rings (SSSR count). The van der Waals surface area contributed by atoms with E-state index in [4.69, 9.17) is 0 Å². The fourth-order valence-corrected chi connectivity index (χ4v) is 2.74. The molecule has 2 nitrogen and oxygen atoms in total. The van der Waals surface area contributed by atoms with Gasteiger partial charge in [-0.15, -0.1) is 0 Å². The minimum atomic E-state index is 0.466. The Morgan fingerprint density at radius 1 is 1.18 bits per heavy atom. The van der Waals surface area contributed by atoms with Crippen molar-refractivity contribution in [1.82, 2.24) is 4.90 Å². The lowest BCUT2D eigenvalue weighted by Gasteiger charge is -2.21. The summed E-state index contributed by atoms with van der Waals surface area (Å²) in [5.74, 6) is 1.02. The number of hydrogen-bond donors (Lipinski definition) is 1. The van der Waals surface area contributed by atoms with Crippen molar-refractivity contribution < 1.29 is 5.11 Å². The summed E-state index contributed by atoms with van der Waals surface area (Å²) in [6.45, 7) is 6.84. The van der Waals surface area contributed by atoms with Crippen LogP contribution in [-0.4, -0.2) is 29.1 Å². The van der Waals surface area contributed by atoms with Gasteiger partial charge in [-0.3, -0.25) is 4.90 Å². The van der Waals surface area contributed by atoms with Crippen molar-refractivity contribution in [3.05, 3.63) is 29.8 Å². The van der Waals surface area contributed by atoms with E-state index in [0.29, 0.717) is 17.7 Å². The van der Waals surface area contributed by atoms with E-state index in [9.17, 15) is 5.11 Å². The Hall–Kier alpha value is -1.02. The Kier molecular flexibility index (Phi) is 4.06. The van der Waals surface area contributed by atoms with Crippen molar-refractivity contribution >= 4 is 0 Å². The first kappa shape index (κ1) is 12.4. The molecule has 0 aliphatic heterocycles. The SMILES string of the molecule is CCCN(CCC)[C@@H]1C[C@@H]1c1ccccc1O. The first-order valence-corrected chi connectivity index (χ1v) is 6.79. The van der Waals surface area contributed by atoms with Crippen LogP contribution in [0.3, 0.4) is 0 Å². The van der Waals surface area contributed by atoms with Crippen LogP contribution in [0.2, 0.25) is 0 Å². The summed E-state index contributed by atoms with van der Waals surface area (Å²) in [6.07, 6.45) is 3.63. The smallest absolute Gasteiger partial charge is 0.119 e. The number of para-hydroxylation sites is 1. The minimum Gasteiger partial charge on any atom is -0.508 e. The van der Waals surface area contributed by atoms with Crippen LogP contribution < -0.4 is 0 Å². The quantitative estimate of drug-likeness (QED) is 0.814. The molecular formula is C15H23NO. The molecule has 1 aromatic rings. The van der Waals surface area contributed by atoms with E-state index in [1.54, 1.807) is 6.07 Å². The maximum Gasteiger partial charge on any atom is 0.119 e. The molecule has 1 fully saturated rings. The summed E-state index contributed by atoms with van der Waals surface area (Å²) in [5, 5.41) is 9.86. The second-order valence-electron chi connectivity index (χ2n) is 5.00. The van der Waals surface area contributed by atoms with Gasteiger partial charge in [-0.05, 0) is 44.0 Å². The normalized spacial score (nSPS) is 23.0. The van der Waals surface area contributed by atoms with Gasteiger partial charge >= 0.3 is 0 Å². The zero-order chi connectivity index (χ0) is 12.3. The van der Waals surface area contributed by atoms with Crippen LogP contribution in [0.5, 0.6) is 5.75 Å². The fraction of sp³-hybridized carbons (Fsp3) is 0.600. The Balaban J connectivity index is 2.01. The van der Waals surface area contributed by atoms with Crippen LogP contribution in [0.15, 0.2) is 24.3 Å². The lowest BCUT2D eigenvalue weighted by Crippen LogP contribution is -2.28. The van der Waals surface area contributed by atoms with Crippen molar-refractivity contribution in [3.63, 3.8) is 0 Å². The van der Waals surface area contributed by atoms with E-state index in [2.05, 4.69) is 24.8 Å². The van der Waals surface area contributed by atoms with Crippen LogP contribution in [0, 0.1) is 0 Å². The molecule has 0 amide bonds. The number of nitrogens with zero attached hydrogens (tertiary/aromatic N) is 1. The van der Waals surface area contributed by atoms with Gasteiger partial charge in [-0.25, -0.2) is 0 Å². The van der Waals surface area contributed by atoms with Gasteiger partial charge in [-0.2, -0.15) is 0 Å². The molecule has 0 heterocycles. The topological polar surface area (TPSA) is 23.5 Å². The molecule has 0 spiro atoms. The van der Waals surface area contributed by atoms with Gasteiger partial charge in [0.2, 0.25) is 0 Å². The molecule has 1 aromatic carbocycles. The van der Waals surface area contributed by atoms with Gasteiger partial charge in [-0.1, -0.05) is 32.0 Å². The zero-order valence-electron chi connectivity index (χ0n) is 10.9. The monoisotopic (exact) mass is 233 g/mol. The molecule has 0 aromatic heterocycles. The lowest BCUT2D eigenvalue weighted by atomic mass is 10.1. The van der Waals surface area contributed by atoms with E-state index in [0.717, 1.165) is 5.56 Å². The molecule has 1 aliphatic rings. The standard InChI is InChI=1S/C15H23NO/c1-3-9-16(10-4-2)14-11-13(14)12-7-5-6-8-15(12)17/h5-8,13-14,17H,3-4,9-11H2,1-2H3/t13-,14-/m1/s1. The van der Waals surface area contributed by atoms with E-state index in [-0.39, 0.29) is 0 Å². The molecule has 17 heavy (non-hydrogen) atoms. The van der Waals surface area contributed by atoms with E-state index >= 15 is 0 Å². The number of phenolic OH excluding ortho intramolecular Hbond substituents is 1. The maximum absolute atomic E-state index is 9.86. The highest BCUT2D eigenvalue weighted by molar-refractivity contribution is 5.39. The van der Waals surface area contributed by atoms with Gasteiger partial charge in [0.25, 0.3) is 0 Å². The van der Waals surface area contributed by atoms with Gasteiger partial charge in [0, 0.05) is 12.0 Å². The summed E-state index contributed by atoms with van der Waals surface area (Å²) >= 11 is 0. The molecule has 1 N–H and O–H groups in total. The van der Waals surface area contributed by atoms with Crippen molar-refractivity contribution in [2.45, 2.75) is 45.1 Å². The van der Waals surface area contributed by atoms with E-state index in [1.165, 1.54) is 32.4 Å². The summed E-state index contributed by atoms with van der Waals surface area (Å²) in [7, 11) is 0. The van der Waals surface area contributed by atoms with Gasteiger partial charge in [0.15, 0.2) is 0 Å². The molecule has 1 saturated carbocycles. The van der Waals surface area contributed by atoms with Gasteiger partial charge in [0.1, 0.15) is 5.75 Å². The fourth-order valence-electron chi connectivity index (χ4n) is 2.74. The summed E-state index contributed by atoms with van der Waals surface area (Å²) < 4.78 is 0. The van der Waals surface area contributed by atoms with Crippen molar-refractivity contribution in [2.24, 2.45) is 0 Å². The number of rotatable bonds is 6. The Labute approximate surface area is 104 Å². The molecule has 2 heteroatoms. The number of benzene rings is 1. The summed E-state index contributed by atoms with van der Waals surface area (Å²) in [4.78, 5) is 2.58. The zero-order valence-corrected chi connectivity index (χ0v) is 10.9. The van der Waals surface area contributed by atoms with Crippen LogP contribution in [-0.2, 0) is 0 Å². The Morgan fingerprint density at radius 3 is 2.41 bits per heavy atom. The highest BCUT2D eigenvalue weighted by Crippen LogP contribution is 2.47. The highest BCUT2D eigenvalue weighted by atomic mass is 16.3. The third-order valence-corrected chi connectivity index (χ3v) is 3.58. The highest BCUT2D eigenvalue weighted by Gasteiger charge is 2.43. The second kappa shape index (κ2) is 5.54. The molecule has 0 radical (unpaired) electrons. The number of hydrogen-bond acceptors (Lipinski definition) is 2. The third kappa shape index (κ3) is 2.81. The van der Waals surface area contributed by atoms with Crippen LogP contribution >= 0.6 is 0 Å². The molecule has 0 bridgehead atoms. The van der Waals surface area contributed by atoms with Crippen molar-refractivity contribution in [2.75, 3.05) is 13.1 Å². The number of phenols is 1. The minimum absolute atomic E-state index is 0.466. The Morgan fingerprint density at radius 2 is 1.82 bits per heavy atom. The van der Waals surface area contributed by atoms with E-state index in [1.807, 2.05) is 12.1 Å². The average molecular weight is 233 g/mol. The average Bonchev–Trinajstić information content (AvgIpc) is 3.09. The van der Waals surface area contributed by atoms with Gasteiger partial charge < -0.3 is 5.11 Å². The maximum atomic E-state index is 9.86. The first-order valence-electron chi connectivity index (χ1n) is 6.79. The van der Waals surface area contributed by atoms with Crippen LogP contribution in [0.4, 0.5) is 0 Å². The summed E-state index contributed by atoms with van der Waals surface area (Å²) in [5.41, 5.74) is 1.13.